The Hall–Kier alpha value is -1.14. The van der Waals surface area contributed by atoms with Crippen LogP contribution in [-0.4, -0.2) is 10.8 Å². The van der Waals surface area contributed by atoms with Crippen LogP contribution in [-0.2, 0) is 11.2 Å². The normalized spacial score (nSPS) is 9.29. The van der Waals surface area contributed by atoms with Crippen LogP contribution in [0.3, 0.4) is 0 Å². The summed E-state index contributed by atoms with van der Waals surface area (Å²) in [5.74, 6) is 5.88. The van der Waals surface area contributed by atoms with Gasteiger partial charge in [-0.05, 0) is 13.8 Å². The van der Waals surface area contributed by atoms with Crippen LogP contribution in [0.4, 0.5) is 0 Å². The number of hydrogen-bond donors (Lipinski definition) is 0. The van der Waals surface area contributed by atoms with Crippen molar-refractivity contribution < 1.29 is 4.79 Å². The fourth-order valence-electron chi connectivity index (χ4n) is 1.07. The number of carbonyl (C=O) groups is 1. The molecule has 0 aliphatic rings. The fourth-order valence-corrected chi connectivity index (χ4v) is 1.87. The maximum absolute atomic E-state index is 11.4. The first-order valence-electron chi connectivity index (χ1n) is 4.54. The zero-order valence-corrected chi connectivity index (χ0v) is 9.28. The molecule has 1 aromatic rings. The Labute approximate surface area is 88.4 Å². The summed E-state index contributed by atoms with van der Waals surface area (Å²) >= 11 is 1.55. The summed E-state index contributed by atoms with van der Waals surface area (Å²) < 4.78 is 0. The van der Waals surface area contributed by atoms with Crippen molar-refractivity contribution in [3.8, 4) is 11.8 Å². The average Bonchev–Trinajstić information content (AvgIpc) is 2.52. The molecule has 2 nitrogen and oxygen atoms in total. The lowest BCUT2D eigenvalue weighted by atomic mass is 10.2. The van der Waals surface area contributed by atoms with Crippen LogP contribution in [0.5, 0.6) is 0 Å². The number of thiazole rings is 1. The molecule has 1 rings (SSSR count). The van der Waals surface area contributed by atoms with Crippen LogP contribution in [0.25, 0.3) is 0 Å². The molecule has 1 heterocycles. The number of hydrogen-bond acceptors (Lipinski definition) is 3. The van der Waals surface area contributed by atoms with E-state index in [2.05, 4.69) is 16.8 Å². The highest BCUT2D eigenvalue weighted by atomic mass is 32.1. The zero-order valence-electron chi connectivity index (χ0n) is 8.46. The minimum absolute atomic E-state index is 0.224. The summed E-state index contributed by atoms with van der Waals surface area (Å²) in [7, 11) is 0. The Kier molecular flexibility index (Phi) is 4.34. The van der Waals surface area contributed by atoms with Gasteiger partial charge in [-0.15, -0.1) is 23.2 Å². The monoisotopic (exact) mass is 207 g/mol. The molecule has 0 saturated carbocycles. The number of ketones is 1. The Morgan fingerprint density at radius 2 is 2.43 bits per heavy atom. The second kappa shape index (κ2) is 5.56. The van der Waals surface area contributed by atoms with E-state index in [4.69, 9.17) is 0 Å². The van der Waals surface area contributed by atoms with Crippen LogP contribution < -0.4 is 0 Å². The lowest BCUT2D eigenvalue weighted by Gasteiger charge is -1.93. The molecule has 3 heteroatoms. The van der Waals surface area contributed by atoms with Gasteiger partial charge >= 0.3 is 0 Å². The van der Waals surface area contributed by atoms with Gasteiger partial charge in [-0.2, -0.15) is 0 Å². The minimum Gasteiger partial charge on any atom is -0.299 e. The smallest absolute Gasteiger partial charge is 0.140 e. The van der Waals surface area contributed by atoms with Gasteiger partial charge in [0.2, 0.25) is 0 Å². The highest BCUT2D eigenvalue weighted by Gasteiger charge is 2.05. The third-order valence-electron chi connectivity index (χ3n) is 1.72. The van der Waals surface area contributed by atoms with Crippen molar-refractivity contribution in [2.24, 2.45) is 0 Å². The van der Waals surface area contributed by atoms with Gasteiger partial charge in [-0.1, -0.05) is 0 Å². The van der Waals surface area contributed by atoms with Crippen LogP contribution in [0.15, 0.2) is 5.38 Å². The molecule has 0 unspecified atom stereocenters. The summed E-state index contributed by atoms with van der Waals surface area (Å²) in [5, 5.41) is 2.88. The van der Waals surface area contributed by atoms with Gasteiger partial charge in [0.25, 0.3) is 0 Å². The highest BCUT2D eigenvalue weighted by molar-refractivity contribution is 7.09. The van der Waals surface area contributed by atoms with E-state index >= 15 is 0 Å². The molecule has 0 N–H and O–H groups in total. The molecule has 14 heavy (non-hydrogen) atoms. The molecule has 1 aromatic heterocycles. The predicted molar refractivity (Wildman–Crippen MR) is 58.2 cm³/mol. The Balaban J connectivity index is 2.36. The summed E-state index contributed by atoms with van der Waals surface area (Å²) in [6.07, 6.45) is 1.67. The molecule has 0 saturated heterocycles. The van der Waals surface area contributed by atoms with Gasteiger partial charge in [-0.3, -0.25) is 4.79 Å². The third-order valence-corrected chi connectivity index (χ3v) is 2.69. The number of Topliss-reactive ketones (excluding diaryl/α,β-unsaturated/α-hetero) is 1. The van der Waals surface area contributed by atoms with Crippen LogP contribution in [0.2, 0.25) is 0 Å². The van der Waals surface area contributed by atoms with E-state index in [1.54, 1.807) is 18.3 Å². The Morgan fingerprint density at radius 1 is 1.64 bits per heavy atom. The van der Waals surface area contributed by atoms with Crippen molar-refractivity contribution in [2.45, 2.75) is 33.1 Å². The first-order valence-corrected chi connectivity index (χ1v) is 5.42. The molecular weight excluding hydrogens is 194 g/mol. The number of aromatic nitrogens is 1. The van der Waals surface area contributed by atoms with Crippen LogP contribution in [0, 0.1) is 18.8 Å². The molecule has 0 atom stereocenters. The summed E-state index contributed by atoms with van der Waals surface area (Å²) in [6, 6.07) is 0. The summed E-state index contributed by atoms with van der Waals surface area (Å²) in [4.78, 5) is 15.6. The third kappa shape index (κ3) is 3.71. The molecule has 0 radical (unpaired) electrons. The van der Waals surface area contributed by atoms with E-state index in [0.29, 0.717) is 19.3 Å². The lowest BCUT2D eigenvalue weighted by molar-refractivity contribution is -0.118. The van der Waals surface area contributed by atoms with Gasteiger partial charge in [0.15, 0.2) is 0 Å². The summed E-state index contributed by atoms with van der Waals surface area (Å²) in [6.45, 7) is 3.72. The first kappa shape index (κ1) is 10.9. The lowest BCUT2D eigenvalue weighted by Crippen LogP contribution is -2.01. The number of carbonyl (C=O) groups excluding carboxylic acids is 1. The average molecular weight is 207 g/mol. The topological polar surface area (TPSA) is 30.0 Å². The molecule has 0 bridgehead atoms. The van der Waals surface area contributed by atoms with E-state index in [9.17, 15) is 4.79 Å². The molecule has 0 aromatic carbocycles. The number of rotatable bonds is 4. The number of aryl methyl sites for hydroxylation is 1. The van der Waals surface area contributed by atoms with E-state index < -0.39 is 0 Å². The maximum Gasteiger partial charge on any atom is 0.140 e. The molecule has 0 aliphatic carbocycles. The SMILES string of the molecule is CC#CCCC(=O)Cc1nc(C)cs1. The van der Waals surface area contributed by atoms with Gasteiger partial charge in [0.05, 0.1) is 6.42 Å². The fraction of sp³-hybridized carbons (Fsp3) is 0.455. The van der Waals surface area contributed by atoms with Crippen molar-refractivity contribution in [3.63, 3.8) is 0 Å². The quantitative estimate of drug-likeness (QED) is 0.709. The van der Waals surface area contributed by atoms with Crippen molar-refractivity contribution in [1.82, 2.24) is 4.98 Å². The van der Waals surface area contributed by atoms with Crippen LogP contribution in [0.1, 0.15) is 30.5 Å². The van der Waals surface area contributed by atoms with Crippen molar-refractivity contribution >= 4 is 17.1 Å². The van der Waals surface area contributed by atoms with E-state index in [-0.39, 0.29) is 5.78 Å². The molecule has 0 fully saturated rings. The molecule has 0 aliphatic heterocycles. The van der Waals surface area contributed by atoms with Crippen molar-refractivity contribution in [3.05, 3.63) is 16.1 Å². The summed E-state index contributed by atoms with van der Waals surface area (Å²) in [5.41, 5.74) is 0.992. The largest absolute Gasteiger partial charge is 0.299 e. The molecular formula is C11H13NOS. The van der Waals surface area contributed by atoms with E-state index in [1.807, 2.05) is 12.3 Å². The van der Waals surface area contributed by atoms with Crippen LogP contribution >= 0.6 is 11.3 Å². The minimum atomic E-state index is 0.224. The standard InChI is InChI=1S/C11H13NOS/c1-3-4-5-6-10(13)7-11-12-9(2)8-14-11/h8H,5-7H2,1-2H3. The predicted octanol–water partition coefficient (Wildman–Crippen LogP) is 2.37. The van der Waals surface area contributed by atoms with Gasteiger partial charge in [0.1, 0.15) is 10.8 Å². The highest BCUT2D eigenvalue weighted by Crippen LogP contribution is 2.10. The Morgan fingerprint density at radius 3 is 3.00 bits per heavy atom. The van der Waals surface area contributed by atoms with E-state index in [0.717, 1.165) is 10.7 Å². The van der Waals surface area contributed by atoms with E-state index in [1.165, 1.54) is 0 Å². The first-order chi connectivity index (χ1) is 6.72. The molecule has 0 amide bonds. The maximum atomic E-state index is 11.4. The van der Waals surface area contributed by atoms with Crippen molar-refractivity contribution in [1.29, 1.82) is 0 Å². The zero-order chi connectivity index (χ0) is 10.4. The van der Waals surface area contributed by atoms with Gasteiger partial charge in [0, 0.05) is 23.9 Å². The second-order valence-electron chi connectivity index (χ2n) is 3.02. The number of nitrogens with zero attached hydrogens (tertiary/aromatic N) is 1. The van der Waals surface area contributed by atoms with Gasteiger partial charge in [-0.25, -0.2) is 4.98 Å². The van der Waals surface area contributed by atoms with Crippen molar-refractivity contribution in [2.75, 3.05) is 0 Å². The molecule has 0 spiro atoms. The Bertz CT molecular complexity index is 370. The van der Waals surface area contributed by atoms with Gasteiger partial charge < -0.3 is 0 Å². The second-order valence-corrected chi connectivity index (χ2v) is 3.97. The molecule has 74 valence electrons.